The van der Waals surface area contributed by atoms with Gasteiger partial charge in [0.1, 0.15) is 0 Å². The molecule has 0 aromatic carbocycles. The Bertz CT molecular complexity index is 610. The number of nitrogens with one attached hydrogen (secondary N) is 3. The second kappa shape index (κ2) is 4.82. The number of nitrogens with zero attached hydrogens (tertiary/aromatic N) is 1. The van der Waals surface area contributed by atoms with Crippen LogP contribution in [0, 0.1) is 23.7 Å². The molecule has 5 unspecified atom stereocenters. The lowest BCUT2D eigenvalue weighted by atomic mass is 9.79. The number of aromatic amines is 1. The van der Waals surface area contributed by atoms with Gasteiger partial charge in [0.2, 0.25) is 0 Å². The molecule has 5 nitrogen and oxygen atoms in total. The van der Waals surface area contributed by atoms with E-state index in [0.717, 1.165) is 54.4 Å². The highest BCUT2D eigenvalue weighted by atomic mass is 16.2. The minimum atomic E-state index is 0.0355. The Balaban J connectivity index is 1.33. The molecule has 5 atom stereocenters. The predicted octanol–water partition coefficient (Wildman–Crippen LogP) is 1.61. The van der Waals surface area contributed by atoms with E-state index >= 15 is 0 Å². The smallest absolute Gasteiger partial charge is 0.272 e. The van der Waals surface area contributed by atoms with Gasteiger partial charge in [-0.05, 0) is 49.4 Å². The fourth-order valence-electron chi connectivity index (χ4n) is 5.88. The van der Waals surface area contributed by atoms with Gasteiger partial charge in [0, 0.05) is 36.8 Å². The van der Waals surface area contributed by atoms with Gasteiger partial charge in [0.05, 0.1) is 0 Å². The van der Waals surface area contributed by atoms with Crippen molar-refractivity contribution in [2.24, 2.45) is 23.7 Å². The number of amides is 1. The molecule has 5 heteroatoms. The predicted molar refractivity (Wildman–Crippen MR) is 82.3 cm³/mol. The molecule has 5 rings (SSSR count). The lowest BCUT2D eigenvalue weighted by Crippen LogP contribution is -2.43. The van der Waals surface area contributed by atoms with Crippen LogP contribution in [0.4, 0.5) is 0 Å². The number of carbonyl (C=O) groups excluding carboxylic acids is 1. The van der Waals surface area contributed by atoms with Crippen LogP contribution >= 0.6 is 0 Å². The van der Waals surface area contributed by atoms with E-state index in [1.54, 1.807) is 0 Å². The zero-order valence-corrected chi connectivity index (χ0v) is 12.9. The first-order valence-corrected chi connectivity index (χ1v) is 8.89. The SMILES string of the molecule is O=C(NC1CC2CC1C1CCCC21)c1n[nH]c2c1CNCC2. The van der Waals surface area contributed by atoms with Crippen LogP contribution in [-0.4, -0.2) is 28.7 Å². The molecule has 0 saturated heterocycles. The zero-order chi connectivity index (χ0) is 14.7. The Hall–Kier alpha value is -1.36. The fraction of sp³-hybridized carbons (Fsp3) is 0.765. The summed E-state index contributed by atoms with van der Waals surface area (Å²) in [7, 11) is 0. The van der Waals surface area contributed by atoms with E-state index < -0.39 is 0 Å². The van der Waals surface area contributed by atoms with Crippen molar-refractivity contribution in [2.75, 3.05) is 6.54 Å². The van der Waals surface area contributed by atoms with Crippen molar-refractivity contribution in [2.45, 2.75) is 51.1 Å². The number of hydrogen-bond donors (Lipinski definition) is 3. The molecule has 3 aliphatic carbocycles. The summed E-state index contributed by atoms with van der Waals surface area (Å²) in [6.07, 6.45) is 7.71. The molecule has 3 saturated carbocycles. The Labute approximate surface area is 130 Å². The summed E-state index contributed by atoms with van der Waals surface area (Å²) in [5.74, 6) is 3.50. The quantitative estimate of drug-likeness (QED) is 0.777. The molecule has 4 aliphatic rings. The summed E-state index contributed by atoms with van der Waals surface area (Å²) in [6.45, 7) is 1.72. The fourth-order valence-corrected chi connectivity index (χ4v) is 5.88. The average molecular weight is 300 g/mol. The lowest BCUT2D eigenvalue weighted by molar-refractivity contribution is 0.0895. The summed E-state index contributed by atoms with van der Waals surface area (Å²) in [6, 6.07) is 0.390. The van der Waals surface area contributed by atoms with Gasteiger partial charge in [-0.2, -0.15) is 5.10 Å². The van der Waals surface area contributed by atoms with Gasteiger partial charge in [-0.1, -0.05) is 6.42 Å². The molecule has 1 aliphatic heterocycles. The van der Waals surface area contributed by atoms with Crippen LogP contribution in [0.2, 0.25) is 0 Å². The van der Waals surface area contributed by atoms with Crippen LogP contribution < -0.4 is 10.6 Å². The van der Waals surface area contributed by atoms with Gasteiger partial charge in [0.25, 0.3) is 5.91 Å². The van der Waals surface area contributed by atoms with Crippen molar-refractivity contribution in [1.82, 2.24) is 20.8 Å². The maximum Gasteiger partial charge on any atom is 0.272 e. The highest BCUT2D eigenvalue weighted by molar-refractivity contribution is 5.94. The number of H-pyrrole nitrogens is 1. The summed E-state index contributed by atoms with van der Waals surface area (Å²) >= 11 is 0. The van der Waals surface area contributed by atoms with Crippen LogP contribution in [0.1, 0.15) is 53.8 Å². The highest BCUT2D eigenvalue weighted by Crippen LogP contribution is 2.58. The topological polar surface area (TPSA) is 69.8 Å². The van der Waals surface area contributed by atoms with Gasteiger partial charge in [-0.15, -0.1) is 0 Å². The third kappa shape index (κ3) is 1.81. The van der Waals surface area contributed by atoms with Gasteiger partial charge in [-0.25, -0.2) is 0 Å². The van der Waals surface area contributed by atoms with E-state index in [1.807, 2.05) is 0 Å². The van der Waals surface area contributed by atoms with Crippen LogP contribution in [0.3, 0.4) is 0 Å². The van der Waals surface area contributed by atoms with Gasteiger partial charge >= 0.3 is 0 Å². The molecule has 1 amide bonds. The van der Waals surface area contributed by atoms with Crippen molar-refractivity contribution < 1.29 is 4.79 Å². The lowest BCUT2D eigenvalue weighted by Gasteiger charge is -2.32. The third-order valence-electron chi connectivity index (χ3n) is 6.77. The summed E-state index contributed by atoms with van der Waals surface area (Å²) in [5.41, 5.74) is 2.83. The maximum absolute atomic E-state index is 12.7. The molecule has 3 N–H and O–H groups in total. The Morgan fingerprint density at radius 1 is 1.18 bits per heavy atom. The zero-order valence-electron chi connectivity index (χ0n) is 12.9. The monoisotopic (exact) mass is 300 g/mol. The van der Waals surface area contributed by atoms with Crippen LogP contribution in [0.5, 0.6) is 0 Å². The van der Waals surface area contributed by atoms with E-state index in [-0.39, 0.29) is 5.91 Å². The van der Waals surface area contributed by atoms with E-state index in [9.17, 15) is 4.79 Å². The second-order valence-corrected chi connectivity index (χ2v) is 7.69. The van der Waals surface area contributed by atoms with Crippen LogP contribution in [0.25, 0.3) is 0 Å². The molecule has 0 spiro atoms. The molecule has 1 aromatic rings. The second-order valence-electron chi connectivity index (χ2n) is 7.69. The third-order valence-corrected chi connectivity index (χ3v) is 6.77. The molecule has 22 heavy (non-hydrogen) atoms. The minimum absolute atomic E-state index is 0.0355. The first-order chi connectivity index (χ1) is 10.8. The summed E-state index contributed by atoms with van der Waals surface area (Å²) < 4.78 is 0. The van der Waals surface area contributed by atoms with Gasteiger partial charge < -0.3 is 10.6 Å². The summed E-state index contributed by atoms with van der Waals surface area (Å²) in [5, 5.41) is 14.0. The number of hydrogen-bond acceptors (Lipinski definition) is 3. The van der Waals surface area contributed by atoms with E-state index in [4.69, 9.17) is 0 Å². The molecule has 118 valence electrons. The van der Waals surface area contributed by atoms with Crippen LogP contribution in [0.15, 0.2) is 0 Å². The molecular weight excluding hydrogens is 276 g/mol. The van der Waals surface area contributed by atoms with Gasteiger partial charge in [-0.3, -0.25) is 9.89 Å². The summed E-state index contributed by atoms with van der Waals surface area (Å²) in [4.78, 5) is 12.7. The standard InChI is InChI=1S/C17H24N4O/c22-17(16-13-8-18-5-4-14(13)20-21-16)19-15-7-9-6-12(15)11-3-1-2-10(9)11/h9-12,15,18H,1-8H2,(H,19,22)(H,20,21). The Morgan fingerprint density at radius 3 is 3.05 bits per heavy atom. The molecule has 2 bridgehead atoms. The largest absolute Gasteiger partial charge is 0.348 e. The number of rotatable bonds is 2. The number of carbonyl (C=O) groups is 1. The average Bonchev–Trinajstić information content (AvgIpc) is 3.27. The van der Waals surface area contributed by atoms with Crippen molar-refractivity contribution in [1.29, 1.82) is 0 Å². The first-order valence-electron chi connectivity index (χ1n) is 8.89. The van der Waals surface area contributed by atoms with E-state index in [2.05, 4.69) is 20.8 Å². The normalized spacial score (nSPS) is 38.8. The Morgan fingerprint density at radius 2 is 2.09 bits per heavy atom. The highest BCUT2D eigenvalue weighted by Gasteiger charge is 2.54. The molecular formula is C17H24N4O. The van der Waals surface area contributed by atoms with Crippen molar-refractivity contribution in [3.05, 3.63) is 17.0 Å². The van der Waals surface area contributed by atoms with E-state index in [1.165, 1.54) is 32.1 Å². The van der Waals surface area contributed by atoms with Crippen molar-refractivity contribution in [3.63, 3.8) is 0 Å². The molecule has 2 heterocycles. The molecule has 1 aromatic heterocycles. The minimum Gasteiger partial charge on any atom is -0.348 e. The van der Waals surface area contributed by atoms with Gasteiger partial charge in [0.15, 0.2) is 5.69 Å². The van der Waals surface area contributed by atoms with Crippen molar-refractivity contribution in [3.8, 4) is 0 Å². The molecule has 3 fully saturated rings. The first kappa shape index (κ1) is 13.1. The van der Waals surface area contributed by atoms with Crippen LogP contribution in [-0.2, 0) is 13.0 Å². The van der Waals surface area contributed by atoms with E-state index in [0.29, 0.717) is 11.7 Å². The number of aromatic nitrogens is 2. The maximum atomic E-state index is 12.7. The Kier molecular flexibility index (Phi) is 2.87. The number of fused-ring (bicyclic) bond motifs is 6. The van der Waals surface area contributed by atoms with Crippen molar-refractivity contribution >= 4 is 5.91 Å². The molecule has 0 radical (unpaired) electrons.